The van der Waals surface area contributed by atoms with E-state index in [0.29, 0.717) is 10.8 Å². The lowest BCUT2D eigenvalue weighted by atomic mass is 10.0. The summed E-state index contributed by atoms with van der Waals surface area (Å²) in [6.45, 7) is 0. The van der Waals surface area contributed by atoms with Crippen LogP contribution < -0.4 is 10.9 Å². The van der Waals surface area contributed by atoms with Crippen LogP contribution in [-0.2, 0) is 9.59 Å². The van der Waals surface area contributed by atoms with Crippen molar-refractivity contribution in [1.29, 1.82) is 0 Å². The Morgan fingerprint density at radius 1 is 1.15 bits per heavy atom. The molecule has 1 atom stereocenters. The van der Waals surface area contributed by atoms with Gasteiger partial charge in [-0.25, -0.2) is 0 Å². The summed E-state index contributed by atoms with van der Waals surface area (Å²) in [7, 11) is 0. The van der Waals surface area contributed by atoms with Crippen LogP contribution in [0.5, 0.6) is 5.75 Å². The van der Waals surface area contributed by atoms with Gasteiger partial charge in [0.15, 0.2) is 0 Å². The highest BCUT2D eigenvalue weighted by Gasteiger charge is 2.29. The van der Waals surface area contributed by atoms with Crippen molar-refractivity contribution < 1.29 is 14.7 Å². The normalized spacial score (nSPS) is 19.1. The lowest BCUT2D eigenvalue weighted by Crippen LogP contribution is -2.44. The average Bonchev–Trinajstić information content (AvgIpc) is 2.43. The maximum atomic E-state index is 12.4. The number of fused-ring (bicyclic) bond motifs is 1. The molecule has 20 heavy (non-hydrogen) atoms. The van der Waals surface area contributed by atoms with Gasteiger partial charge in [-0.1, -0.05) is 18.2 Å². The highest BCUT2D eigenvalue weighted by Crippen LogP contribution is 2.24. The van der Waals surface area contributed by atoms with Gasteiger partial charge in [-0.05, 0) is 12.5 Å². The van der Waals surface area contributed by atoms with Gasteiger partial charge in [0, 0.05) is 11.8 Å². The van der Waals surface area contributed by atoms with Crippen LogP contribution in [-0.4, -0.2) is 21.5 Å². The molecule has 1 fully saturated rings. The monoisotopic (exact) mass is 272 g/mol. The van der Waals surface area contributed by atoms with Gasteiger partial charge < -0.3 is 5.11 Å². The standard InChI is InChI=1S/C14H12N2O4/c17-11-7-16(10-5-6-12(18)15-13(10)19)14(20)9-4-2-1-3-8(9)11/h1-4,7,10,17H,5-6H2,(H,15,18,19). The van der Waals surface area contributed by atoms with Crippen molar-refractivity contribution in [2.24, 2.45) is 0 Å². The molecule has 0 aliphatic carbocycles. The molecule has 0 radical (unpaired) electrons. The molecule has 1 unspecified atom stereocenters. The van der Waals surface area contributed by atoms with Gasteiger partial charge >= 0.3 is 0 Å². The Morgan fingerprint density at radius 2 is 1.85 bits per heavy atom. The van der Waals surface area contributed by atoms with Crippen LogP contribution >= 0.6 is 0 Å². The number of carbonyl (C=O) groups is 2. The van der Waals surface area contributed by atoms with E-state index in [9.17, 15) is 19.5 Å². The number of piperidine rings is 1. The fraction of sp³-hybridized carbons (Fsp3) is 0.214. The van der Waals surface area contributed by atoms with Gasteiger partial charge in [0.25, 0.3) is 5.56 Å². The smallest absolute Gasteiger partial charge is 0.259 e. The molecule has 0 bridgehead atoms. The summed E-state index contributed by atoms with van der Waals surface area (Å²) < 4.78 is 1.19. The number of nitrogens with zero attached hydrogens (tertiary/aromatic N) is 1. The van der Waals surface area contributed by atoms with Crippen LogP contribution in [0.3, 0.4) is 0 Å². The Kier molecular flexibility index (Phi) is 2.78. The Hall–Kier alpha value is -2.63. The molecule has 6 heteroatoms. The van der Waals surface area contributed by atoms with Crippen molar-refractivity contribution in [3.8, 4) is 5.75 Å². The van der Waals surface area contributed by atoms with Gasteiger partial charge in [-0.15, -0.1) is 0 Å². The molecule has 2 amide bonds. The predicted molar refractivity (Wildman–Crippen MR) is 71.3 cm³/mol. The summed E-state index contributed by atoms with van der Waals surface area (Å²) >= 11 is 0. The minimum atomic E-state index is -0.768. The molecule has 6 nitrogen and oxygen atoms in total. The molecule has 1 aliphatic heterocycles. The molecule has 2 heterocycles. The number of benzene rings is 1. The quantitative estimate of drug-likeness (QED) is 0.747. The highest BCUT2D eigenvalue weighted by molar-refractivity contribution is 5.99. The Morgan fingerprint density at radius 3 is 2.55 bits per heavy atom. The van der Waals surface area contributed by atoms with Crippen LogP contribution in [0.2, 0.25) is 0 Å². The molecule has 1 aromatic heterocycles. The number of hydrogen-bond acceptors (Lipinski definition) is 4. The lowest BCUT2D eigenvalue weighted by Gasteiger charge is -2.23. The minimum absolute atomic E-state index is 0.0649. The largest absolute Gasteiger partial charge is 0.506 e. The van der Waals surface area contributed by atoms with E-state index in [2.05, 4.69) is 5.32 Å². The number of rotatable bonds is 1. The van der Waals surface area contributed by atoms with Gasteiger partial charge in [0.2, 0.25) is 11.8 Å². The second-order valence-corrected chi connectivity index (χ2v) is 4.74. The van der Waals surface area contributed by atoms with E-state index in [1.807, 2.05) is 0 Å². The molecule has 1 aromatic carbocycles. The van der Waals surface area contributed by atoms with E-state index in [1.54, 1.807) is 24.3 Å². The van der Waals surface area contributed by atoms with Crippen molar-refractivity contribution in [3.63, 3.8) is 0 Å². The van der Waals surface area contributed by atoms with E-state index in [-0.39, 0.29) is 30.1 Å². The average molecular weight is 272 g/mol. The van der Waals surface area contributed by atoms with E-state index in [4.69, 9.17) is 0 Å². The summed E-state index contributed by atoms with van der Waals surface area (Å²) in [5, 5.41) is 13.0. The molecule has 1 aliphatic rings. The van der Waals surface area contributed by atoms with Crippen LogP contribution in [0, 0.1) is 0 Å². The van der Waals surface area contributed by atoms with Crippen molar-refractivity contribution in [1.82, 2.24) is 9.88 Å². The van der Waals surface area contributed by atoms with Crippen molar-refractivity contribution in [2.75, 3.05) is 0 Å². The van der Waals surface area contributed by atoms with E-state index in [0.717, 1.165) is 0 Å². The number of imide groups is 1. The topological polar surface area (TPSA) is 88.4 Å². The first-order chi connectivity index (χ1) is 9.58. The number of hydrogen-bond donors (Lipinski definition) is 2. The second-order valence-electron chi connectivity index (χ2n) is 4.74. The summed E-state index contributed by atoms with van der Waals surface area (Å²) in [6, 6.07) is 5.88. The predicted octanol–water partition coefficient (Wildman–Crippen LogP) is 0.685. The Bertz CT molecular complexity index is 778. The van der Waals surface area contributed by atoms with Gasteiger partial charge in [0.05, 0.1) is 11.6 Å². The summed E-state index contributed by atoms with van der Waals surface area (Å²) in [5.74, 6) is -0.924. The fourth-order valence-corrected chi connectivity index (χ4v) is 2.47. The Labute approximate surface area is 113 Å². The highest BCUT2D eigenvalue weighted by atomic mass is 16.3. The molecule has 102 valence electrons. The molecule has 1 saturated heterocycles. The maximum absolute atomic E-state index is 12.4. The van der Waals surface area contributed by atoms with E-state index < -0.39 is 11.9 Å². The Balaban J connectivity index is 2.18. The summed E-state index contributed by atoms with van der Waals surface area (Å²) in [4.78, 5) is 35.4. The minimum Gasteiger partial charge on any atom is -0.506 e. The second kappa shape index (κ2) is 4.48. The molecule has 3 rings (SSSR count). The summed E-state index contributed by atoms with van der Waals surface area (Å²) in [5.41, 5.74) is -0.354. The number of aromatic nitrogens is 1. The molecular formula is C14H12N2O4. The molecule has 0 spiro atoms. The SMILES string of the molecule is O=C1CCC(n2cc(O)c3ccccc3c2=O)C(=O)N1. The zero-order valence-corrected chi connectivity index (χ0v) is 10.5. The van der Waals surface area contributed by atoms with Crippen molar-refractivity contribution in [2.45, 2.75) is 18.9 Å². The zero-order chi connectivity index (χ0) is 14.3. The van der Waals surface area contributed by atoms with Crippen LogP contribution in [0.15, 0.2) is 35.3 Å². The third kappa shape index (κ3) is 1.85. The van der Waals surface area contributed by atoms with E-state index >= 15 is 0 Å². The third-order valence-corrected chi connectivity index (χ3v) is 3.48. The van der Waals surface area contributed by atoms with Crippen LogP contribution in [0.4, 0.5) is 0 Å². The zero-order valence-electron chi connectivity index (χ0n) is 10.5. The number of aromatic hydroxyl groups is 1. The molecule has 2 aromatic rings. The third-order valence-electron chi connectivity index (χ3n) is 3.48. The number of nitrogens with one attached hydrogen (secondary N) is 1. The van der Waals surface area contributed by atoms with Crippen molar-refractivity contribution in [3.05, 3.63) is 40.8 Å². The molecule has 2 N–H and O–H groups in total. The maximum Gasteiger partial charge on any atom is 0.259 e. The number of amides is 2. The summed E-state index contributed by atoms with van der Waals surface area (Å²) in [6.07, 6.45) is 1.68. The fourth-order valence-electron chi connectivity index (χ4n) is 2.47. The van der Waals surface area contributed by atoms with Crippen molar-refractivity contribution >= 4 is 22.6 Å². The lowest BCUT2D eigenvalue weighted by molar-refractivity contribution is -0.135. The van der Waals surface area contributed by atoms with Gasteiger partial charge in [-0.2, -0.15) is 0 Å². The molecule has 0 saturated carbocycles. The first kappa shape index (κ1) is 12.4. The first-order valence-corrected chi connectivity index (χ1v) is 6.24. The van der Waals surface area contributed by atoms with Crippen LogP contribution in [0.25, 0.3) is 10.8 Å². The first-order valence-electron chi connectivity index (χ1n) is 6.24. The molecular weight excluding hydrogens is 260 g/mol. The number of pyridine rings is 1. The van der Waals surface area contributed by atoms with Gasteiger partial charge in [-0.3, -0.25) is 24.3 Å². The van der Waals surface area contributed by atoms with E-state index in [1.165, 1.54) is 10.8 Å². The van der Waals surface area contributed by atoms with Gasteiger partial charge in [0.1, 0.15) is 11.8 Å². The number of carbonyl (C=O) groups excluding carboxylic acids is 2. The van der Waals surface area contributed by atoms with Crippen LogP contribution in [0.1, 0.15) is 18.9 Å².